The van der Waals surface area contributed by atoms with E-state index in [1.54, 1.807) is 0 Å². The van der Waals surface area contributed by atoms with Crippen LogP contribution in [0.3, 0.4) is 0 Å². The van der Waals surface area contributed by atoms with Gasteiger partial charge in [0.05, 0.1) is 0 Å². The minimum absolute atomic E-state index is 0.582. The molecule has 0 aromatic carbocycles. The van der Waals surface area contributed by atoms with Gasteiger partial charge in [-0.1, -0.05) is 33.6 Å². The van der Waals surface area contributed by atoms with E-state index in [1.165, 1.54) is 64.8 Å². The van der Waals surface area contributed by atoms with Gasteiger partial charge >= 0.3 is 0 Å². The Kier molecular flexibility index (Phi) is 6.37. The van der Waals surface area contributed by atoms with Crippen LogP contribution < -0.4 is 5.32 Å². The van der Waals surface area contributed by atoms with Crippen molar-refractivity contribution >= 4 is 0 Å². The summed E-state index contributed by atoms with van der Waals surface area (Å²) < 4.78 is 0. The van der Waals surface area contributed by atoms with Crippen molar-refractivity contribution in [2.24, 2.45) is 5.41 Å². The second-order valence-electron chi connectivity index (χ2n) is 5.40. The molecule has 2 heteroatoms. The molecule has 0 radical (unpaired) electrons. The zero-order chi connectivity index (χ0) is 11.9. The standard InChI is InChI=1S/C14H30N2/c1-4-7-11-16(6-3)13-14(8-5-2)9-10-15-12-14/h15H,4-13H2,1-3H3. The lowest BCUT2D eigenvalue weighted by Crippen LogP contribution is -2.39. The minimum Gasteiger partial charge on any atom is -0.316 e. The van der Waals surface area contributed by atoms with Crippen LogP contribution in [0.5, 0.6) is 0 Å². The predicted molar refractivity (Wildman–Crippen MR) is 71.8 cm³/mol. The lowest BCUT2D eigenvalue weighted by Gasteiger charge is -2.34. The first-order chi connectivity index (χ1) is 7.76. The molecular formula is C14H30N2. The summed E-state index contributed by atoms with van der Waals surface area (Å²) in [6, 6.07) is 0. The molecule has 0 aromatic heterocycles. The maximum absolute atomic E-state index is 3.56. The normalized spacial score (nSPS) is 25.5. The number of unbranched alkanes of at least 4 members (excludes halogenated alkanes) is 1. The van der Waals surface area contributed by atoms with E-state index in [9.17, 15) is 0 Å². The average molecular weight is 226 g/mol. The Morgan fingerprint density at radius 3 is 2.50 bits per heavy atom. The van der Waals surface area contributed by atoms with Crippen LogP contribution in [-0.2, 0) is 0 Å². The van der Waals surface area contributed by atoms with Crippen molar-refractivity contribution in [2.75, 3.05) is 32.7 Å². The largest absolute Gasteiger partial charge is 0.316 e. The van der Waals surface area contributed by atoms with Gasteiger partial charge in [0.1, 0.15) is 0 Å². The van der Waals surface area contributed by atoms with Crippen LogP contribution in [0.1, 0.15) is 52.9 Å². The molecule has 0 aromatic rings. The topological polar surface area (TPSA) is 15.3 Å². The van der Waals surface area contributed by atoms with Crippen LogP contribution in [0.4, 0.5) is 0 Å². The number of hydrogen-bond acceptors (Lipinski definition) is 2. The van der Waals surface area contributed by atoms with Crippen molar-refractivity contribution in [3.05, 3.63) is 0 Å². The van der Waals surface area contributed by atoms with E-state index in [4.69, 9.17) is 0 Å². The molecule has 16 heavy (non-hydrogen) atoms. The van der Waals surface area contributed by atoms with E-state index < -0.39 is 0 Å². The molecule has 1 aliphatic rings. The molecule has 1 fully saturated rings. The summed E-state index contributed by atoms with van der Waals surface area (Å²) >= 11 is 0. The second kappa shape index (κ2) is 7.29. The Balaban J connectivity index is 2.45. The molecule has 1 saturated heterocycles. The van der Waals surface area contributed by atoms with Gasteiger partial charge in [-0.2, -0.15) is 0 Å². The van der Waals surface area contributed by atoms with Crippen molar-refractivity contribution in [2.45, 2.75) is 52.9 Å². The highest BCUT2D eigenvalue weighted by molar-refractivity contribution is 4.90. The lowest BCUT2D eigenvalue weighted by molar-refractivity contribution is 0.156. The van der Waals surface area contributed by atoms with Crippen LogP contribution in [-0.4, -0.2) is 37.6 Å². The molecule has 2 nitrogen and oxygen atoms in total. The number of hydrogen-bond donors (Lipinski definition) is 1. The fourth-order valence-corrected chi connectivity index (χ4v) is 2.96. The summed E-state index contributed by atoms with van der Waals surface area (Å²) in [6.07, 6.45) is 6.76. The molecule has 0 aliphatic carbocycles. The summed E-state index contributed by atoms with van der Waals surface area (Å²) in [5.74, 6) is 0. The van der Waals surface area contributed by atoms with Crippen LogP contribution >= 0.6 is 0 Å². The molecule has 1 atom stereocenters. The Morgan fingerprint density at radius 2 is 2.00 bits per heavy atom. The Labute approximate surface area is 102 Å². The monoisotopic (exact) mass is 226 g/mol. The highest BCUT2D eigenvalue weighted by Gasteiger charge is 2.34. The third kappa shape index (κ3) is 4.06. The summed E-state index contributed by atoms with van der Waals surface area (Å²) in [4.78, 5) is 2.66. The van der Waals surface area contributed by atoms with Crippen molar-refractivity contribution < 1.29 is 0 Å². The number of nitrogens with one attached hydrogen (secondary N) is 1. The molecule has 1 aliphatic heterocycles. The minimum atomic E-state index is 0.582. The Morgan fingerprint density at radius 1 is 1.19 bits per heavy atom. The highest BCUT2D eigenvalue weighted by atomic mass is 15.1. The van der Waals surface area contributed by atoms with E-state index >= 15 is 0 Å². The van der Waals surface area contributed by atoms with Crippen LogP contribution in [0, 0.1) is 5.41 Å². The molecule has 96 valence electrons. The van der Waals surface area contributed by atoms with Gasteiger partial charge in [0.25, 0.3) is 0 Å². The zero-order valence-electron chi connectivity index (χ0n) is 11.5. The molecule has 1 heterocycles. The lowest BCUT2D eigenvalue weighted by atomic mass is 9.82. The van der Waals surface area contributed by atoms with Gasteiger partial charge in [-0.15, -0.1) is 0 Å². The van der Waals surface area contributed by atoms with Crippen molar-refractivity contribution in [1.29, 1.82) is 0 Å². The first kappa shape index (κ1) is 14.0. The van der Waals surface area contributed by atoms with E-state index in [-0.39, 0.29) is 0 Å². The molecule has 0 bridgehead atoms. The Hall–Kier alpha value is -0.0800. The van der Waals surface area contributed by atoms with E-state index in [2.05, 4.69) is 31.0 Å². The van der Waals surface area contributed by atoms with E-state index in [0.717, 1.165) is 0 Å². The summed E-state index contributed by atoms with van der Waals surface area (Å²) in [7, 11) is 0. The van der Waals surface area contributed by atoms with Gasteiger partial charge < -0.3 is 10.2 Å². The molecule has 1 N–H and O–H groups in total. The van der Waals surface area contributed by atoms with Gasteiger partial charge in [-0.25, -0.2) is 0 Å². The molecule has 0 saturated carbocycles. The first-order valence-electron chi connectivity index (χ1n) is 7.19. The molecule has 0 spiro atoms. The van der Waals surface area contributed by atoms with Crippen molar-refractivity contribution in [3.63, 3.8) is 0 Å². The maximum Gasteiger partial charge on any atom is 0.00505 e. The first-order valence-corrected chi connectivity index (χ1v) is 7.19. The predicted octanol–water partition coefficient (Wildman–Crippen LogP) is 2.89. The fraction of sp³-hybridized carbons (Fsp3) is 1.00. The highest BCUT2D eigenvalue weighted by Crippen LogP contribution is 2.32. The summed E-state index contributed by atoms with van der Waals surface area (Å²) in [5.41, 5.74) is 0.582. The van der Waals surface area contributed by atoms with E-state index in [1.807, 2.05) is 0 Å². The number of nitrogens with zero attached hydrogens (tertiary/aromatic N) is 1. The van der Waals surface area contributed by atoms with Gasteiger partial charge in [-0.3, -0.25) is 0 Å². The van der Waals surface area contributed by atoms with Gasteiger partial charge in [0.15, 0.2) is 0 Å². The smallest absolute Gasteiger partial charge is 0.00505 e. The summed E-state index contributed by atoms with van der Waals surface area (Å²) in [5, 5.41) is 3.56. The third-order valence-electron chi connectivity index (χ3n) is 3.95. The zero-order valence-corrected chi connectivity index (χ0v) is 11.5. The maximum atomic E-state index is 3.56. The fourth-order valence-electron chi connectivity index (χ4n) is 2.96. The quantitative estimate of drug-likeness (QED) is 0.684. The molecular weight excluding hydrogens is 196 g/mol. The van der Waals surface area contributed by atoms with Gasteiger partial charge in [-0.05, 0) is 44.3 Å². The van der Waals surface area contributed by atoms with Crippen molar-refractivity contribution in [3.8, 4) is 0 Å². The number of rotatable bonds is 8. The second-order valence-corrected chi connectivity index (χ2v) is 5.40. The molecule has 1 rings (SSSR count). The summed E-state index contributed by atoms with van der Waals surface area (Å²) in [6.45, 7) is 13.2. The molecule has 1 unspecified atom stereocenters. The van der Waals surface area contributed by atoms with Crippen molar-refractivity contribution in [1.82, 2.24) is 10.2 Å². The molecule has 0 amide bonds. The van der Waals surface area contributed by atoms with Gasteiger partial charge in [0, 0.05) is 13.1 Å². The SMILES string of the molecule is CCCCN(CC)CC1(CCC)CCNC1. The third-order valence-corrected chi connectivity index (χ3v) is 3.95. The van der Waals surface area contributed by atoms with Crippen LogP contribution in [0.2, 0.25) is 0 Å². The van der Waals surface area contributed by atoms with Crippen LogP contribution in [0.15, 0.2) is 0 Å². The van der Waals surface area contributed by atoms with E-state index in [0.29, 0.717) is 5.41 Å². The average Bonchev–Trinajstić information content (AvgIpc) is 2.73. The van der Waals surface area contributed by atoms with Crippen LogP contribution in [0.25, 0.3) is 0 Å². The van der Waals surface area contributed by atoms with Gasteiger partial charge in [0.2, 0.25) is 0 Å². The Bertz CT molecular complexity index is 174.